The molecule has 2 rings (SSSR count). The van der Waals surface area contributed by atoms with Crippen LogP contribution in [0.25, 0.3) is 17.2 Å². The van der Waals surface area contributed by atoms with Crippen LogP contribution in [-0.4, -0.2) is 0 Å². The number of rotatable bonds is 4. The molecule has 0 N–H and O–H groups in total. The Morgan fingerprint density at radius 3 is 2.17 bits per heavy atom. The van der Waals surface area contributed by atoms with E-state index in [2.05, 4.69) is 61.5 Å². The van der Waals surface area contributed by atoms with Crippen LogP contribution in [0.1, 0.15) is 25.3 Å². The van der Waals surface area contributed by atoms with E-state index in [0.29, 0.717) is 0 Å². The van der Waals surface area contributed by atoms with Crippen molar-refractivity contribution >= 4 is 6.08 Å². The van der Waals surface area contributed by atoms with Crippen LogP contribution in [0.2, 0.25) is 0 Å². The maximum atomic E-state index is 3.04. The third kappa shape index (κ3) is 4.22. The van der Waals surface area contributed by atoms with Crippen molar-refractivity contribution in [3.63, 3.8) is 0 Å². The Morgan fingerprint density at radius 1 is 0.944 bits per heavy atom. The molecule has 0 unspecified atom stereocenters. The Kier molecular flexibility index (Phi) is 6.58. The van der Waals surface area contributed by atoms with E-state index in [-0.39, 0.29) is 18.9 Å². The zero-order valence-corrected chi connectivity index (χ0v) is 11.2. The van der Waals surface area contributed by atoms with E-state index in [9.17, 15) is 0 Å². The largest absolute Gasteiger partial charge is 1.00 e. The molecule has 0 bridgehead atoms. The molecule has 2 aromatic rings. The predicted octanol–water partition coefficient (Wildman–Crippen LogP) is 1.97. The molecule has 0 aromatic heterocycles. The van der Waals surface area contributed by atoms with Gasteiger partial charge in [0, 0.05) is 0 Å². The van der Waals surface area contributed by atoms with Crippen LogP contribution in [-0.2, 0) is 0 Å². The molecule has 0 spiro atoms. The van der Waals surface area contributed by atoms with E-state index in [4.69, 9.17) is 0 Å². The summed E-state index contributed by atoms with van der Waals surface area (Å²) in [5.41, 5.74) is 3.77. The fraction of sp³-hybridized carbons (Fsp3) is 0.176. The first-order valence-corrected chi connectivity index (χ1v) is 6.13. The maximum Gasteiger partial charge on any atom is 1.00 e. The van der Waals surface area contributed by atoms with Gasteiger partial charge in [0.15, 0.2) is 0 Å². The molecule has 0 fully saturated rings. The van der Waals surface area contributed by atoms with Crippen molar-refractivity contribution < 1.29 is 18.9 Å². The molecule has 2 aromatic carbocycles. The minimum atomic E-state index is 0. The van der Waals surface area contributed by atoms with Crippen molar-refractivity contribution in [1.82, 2.24) is 0 Å². The second kappa shape index (κ2) is 7.98. The third-order valence-corrected chi connectivity index (χ3v) is 2.73. The molecule has 0 aliphatic rings. The number of allylic oxidation sites excluding steroid dienone is 1. The molecule has 0 radical (unpaired) electrons. The Hall–Kier alpha value is -1.22. The molecule has 0 atom stereocenters. The van der Waals surface area contributed by atoms with E-state index < -0.39 is 0 Å². The van der Waals surface area contributed by atoms with Crippen LogP contribution in [0.5, 0.6) is 0 Å². The summed E-state index contributed by atoms with van der Waals surface area (Å²) in [7, 11) is 0. The number of hydrogen-bond donors (Lipinski definition) is 0. The molecule has 0 amide bonds. The second-order valence-electron chi connectivity index (χ2n) is 4.10. The van der Waals surface area contributed by atoms with E-state index >= 15 is 0 Å². The van der Waals surface area contributed by atoms with Crippen LogP contribution in [0.3, 0.4) is 0 Å². The summed E-state index contributed by atoms with van der Waals surface area (Å²) in [5.74, 6) is 0. The minimum Gasteiger partial charge on any atom is -0.184 e. The maximum absolute atomic E-state index is 3.04. The fourth-order valence-electron chi connectivity index (χ4n) is 1.75. The predicted molar refractivity (Wildman–Crippen MR) is 74.7 cm³/mol. The van der Waals surface area contributed by atoms with Crippen molar-refractivity contribution in [2.45, 2.75) is 19.8 Å². The average molecular weight is 228 g/mol. The first-order chi connectivity index (χ1) is 8.40. The fourth-order valence-corrected chi connectivity index (χ4v) is 1.75. The van der Waals surface area contributed by atoms with E-state index in [1.165, 1.54) is 23.1 Å². The second-order valence-corrected chi connectivity index (χ2v) is 4.10. The molecular formula is C17H17Li. The SMILES string of the molecule is CCCC=Cc1ccc(-c2cc[c-]cc2)cc1.[Li+]. The summed E-state index contributed by atoms with van der Waals surface area (Å²) < 4.78 is 0. The molecule has 18 heavy (non-hydrogen) atoms. The average Bonchev–Trinajstić information content (AvgIpc) is 2.41. The number of hydrogen-bond acceptors (Lipinski definition) is 0. The number of unbranched alkanes of at least 4 members (excludes halogenated alkanes) is 1. The molecule has 86 valence electrons. The van der Waals surface area contributed by atoms with Crippen molar-refractivity contribution in [2.24, 2.45) is 0 Å². The molecule has 0 saturated heterocycles. The van der Waals surface area contributed by atoms with E-state index in [1.807, 2.05) is 12.1 Å². The summed E-state index contributed by atoms with van der Waals surface area (Å²) in [4.78, 5) is 0. The van der Waals surface area contributed by atoms with Crippen molar-refractivity contribution in [1.29, 1.82) is 0 Å². The van der Waals surface area contributed by atoms with Crippen LogP contribution in [0, 0.1) is 6.07 Å². The molecule has 0 aliphatic carbocycles. The van der Waals surface area contributed by atoms with Gasteiger partial charge in [-0.3, -0.25) is 0 Å². The summed E-state index contributed by atoms with van der Waals surface area (Å²) >= 11 is 0. The Labute approximate surface area is 122 Å². The van der Waals surface area contributed by atoms with Gasteiger partial charge < -0.3 is 0 Å². The van der Waals surface area contributed by atoms with E-state index in [1.54, 1.807) is 0 Å². The Balaban J connectivity index is 0.00000162. The van der Waals surface area contributed by atoms with Crippen molar-refractivity contribution in [3.05, 3.63) is 66.2 Å². The zero-order chi connectivity index (χ0) is 11.9. The first-order valence-electron chi connectivity index (χ1n) is 6.13. The zero-order valence-electron chi connectivity index (χ0n) is 11.2. The summed E-state index contributed by atoms with van der Waals surface area (Å²) in [6.07, 6.45) is 6.77. The first kappa shape index (κ1) is 14.8. The topological polar surface area (TPSA) is 0 Å². The normalized spacial score (nSPS) is 10.3. The molecule has 0 aliphatic heterocycles. The van der Waals surface area contributed by atoms with Gasteiger partial charge in [0.05, 0.1) is 0 Å². The standard InChI is InChI=1S/C17H17.Li/c1-2-3-5-8-15-11-13-17(14-12-15)16-9-6-4-7-10-16;/h5-14H,2-3H2,1H3;/q-1;+1. The van der Waals surface area contributed by atoms with Crippen LogP contribution in [0.15, 0.2) is 54.6 Å². The van der Waals surface area contributed by atoms with Gasteiger partial charge in [0.25, 0.3) is 0 Å². The van der Waals surface area contributed by atoms with E-state index in [0.717, 1.165) is 6.42 Å². The van der Waals surface area contributed by atoms with Gasteiger partial charge in [-0.25, -0.2) is 0 Å². The van der Waals surface area contributed by atoms with Gasteiger partial charge in [-0.1, -0.05) is 49.8 Å². The summed E-state index contributed by atoms with van der Waals surface area (Å²) in [5, 5.41) is 0. The molecule has 0 saturated carbocycles. The van der Waals surface area contributed by atoms with Crippen LogP contribution < -0.4 is 18.9 Å². The third-order valence-electron chi connectivity index (χ3n) is 2.73. The smallest absolute Gasteiger partial charge is 0.184 e. The van der Waals surface area contributed by atoms with Crippen molar-refractivity contribution in [3.8, 4) is 11.1 Å². The Morgan fingerprint density at radius 2 is 1.56 bits per heavy atom. The monoisotopic (exact) mass is 228 g/mol. The van der Waals surface area contributed by atoms with Gasteiger partial charge >= 0.3 is 18.9 Å². The molecule has 1 heteroatoms. The van der Waals surface area contributed by atoms with Gasteiger partial charge in [-0.15, -0.1) is 5.56 Å². The van der Waals surface area contributed by atoms with Gasteiger partial charge in [0.1, 0.15) is 0 Å². The molecular weight excluding hydrogens is 211 g/mol. The number of benzene rings is 2. The summed E-state index contributed by atoms with van der Waals surface area (Å²) in [6.45, 7) is 2.19. The molecule has 0 nitrogen and oxygen atoms in total. The summed E-state index contributed by atoms with van der Waals surface area (Å²) in [6, 6.07) is 19.8. The van der Waals surface area contributed by atoms with Crippen LogP contribution in [0.4, 0.5) is 0 Å². The molecule has 0 heterocycles. The van der Waals surface area contributed by atoms with Gasteiger partial charge in [-0.2, -0.15) is 30.3 Å². The van der Waals surface area contributed by atoms with Gasteiger partial charge in [-0.05, 0) is 17.5 Å². The quantitative estimate of drug-likeness (QED) is 0.554. The minimum absolute atomic E-state index is 0. The Bertz CT molecular complexity index is 469. The van der Waals surface area contributed by atoms with Gasteiger partial charge in [0.2, 0.25) is 0 Å². The van der Waals surface area contributed by atoms with Crippen molar-refractivity contribution in [2.75, 3.05) is 0 Å². The van der Waals surface area contributed by atoms with Crippen LogP contribution >= 0.6 is 0 Å².